The molecule has 4 heteroatoms. The van der Waals surface area contributed by atoms with Crippen LogP contribution in [0.2, 0.25) is 0 Å². The van der Waals surface area contributed by atoms with Gasteiger partial charge in [0.15, 0.2) is 0 Å². The fourth-order valence-corrected chi connectivity index (χ4v) is 2.07. The van der Waals surface area contributed by atoms with Crippen LogP contribution < -0.4 is 5.32 Å². The largest absolute Gasteiger partial charge is 0.393 e. The van der Waals surface area contributed by atoms with Gasteiger partial charge in [-0.25, -0.2) is 4.98 Å². The predicted octanol–water partition coefficient (Wildman–Crippen LogP) is 2.34. The van der Waals surface area contributed by atoms with Gasteiger partial charge in [0, 0.05) is 11.6 Å². The molecule has 86 valence electrons. The maximum atomic E-state index is 9.37. The fraction of sp³-hybridized carbons (Fsp3) is 0.727. The molecule has 2 unspecified atom stereocenters. The van der Waals surface area contributed by atoms with Gasteiger partial charge < -0.3 is 10.4 Å². The summed E-state index contributed by atoms with van der Waals surface area (Å²) < 4.78 is 0. The Kier molecular flexibility index (Phi) is 5.83. The SMILES string of the molecule is CCC(O)CCCNC(C)c1nccs1. The van der Waals surface area contributed by atoms with Crippen LogP contribution in [0.3, 0.4) is 0 Å². The van der Waals surface area contributed by atoms with Crippen molar-refractivity contribution in [1.82, 2.24) is 10.3 Å². The Bertz CT molecular complexity index is 251. The number of hydrogen-bond acceptors (Lipinski definition) is 4. The van der Waals surface area contributed by atoms with Gasteiger partial charge in [0.1, 0.15) is 5.01 Å². The molecule has 0 aromatic carbocycles. The van der Waals surface area contributed by atoms with Crippen molar-refractivity contribution >= 4 is 11.3 Å². The van der Waals surface area contributed by atoms with Crippen LogP contribution in [0.5, 0.6) is 0 Å². The van der Waals surface area contributed by atoms with Crippen LogP contribution in [-0.4, -0.2) is 22.7 Å². The molecule has 2 atom stereocenters. The van der Waals surface area contributed by atoms with E-state index in [1.807, 2.05) is 18.5 Å². The third kappa shape index (κ3) is 4.73. The van der Waals surface area contributed by atoms with Crippen molar-refractivity contribution in [3.8, 4) is 0 Å². The third-order valence-corrected chi connectivity index (χ3v) is 3.42. The average Bonchev–Trinajstić information content (AvgIpc) is 2.77. The number of aliphatic hydroxyl groups is 1. The minimum Gasteiger partial charge on any atom is -0.393 e. The molecule has 0 aliphatic rings. The van der Waals surface area contributed by atoms with E-state index in [0.717, 1.165) is 30.8 Å². The van der Waals surface area contributed by atoms with Gasteiger partial charge in [0.2, 0.25) is 0 Å². The molecule has 0 spiro atoms. The van der Waals surface area contributed by atoms with E-state index < -0.39 is 0 Å². The van der Waals surface area contributed by atoms with Gasteiger partial charge in [0.05, 0.1) is 12.1 Å². The zero-order valence-electron chi connectivity index (χ0n) is 9.44. The summed E-state index contributed by atoms with van der Waals surface area (Å²) in [6.45, 7) is 5.07. The minimum absolute atomic E-state index is 0.137. The molecule has 0 saturated carbocycles. The van der Waals surface area contributed by atoms with Crippen LogP contribution in [0, 0.1) is 0 Å². The number of aliphatic hydroxyl groups excluding tert-OH is 1. The van der Waals surface area contributed by atoms with E-state index in [1.165, 1.54) is 0 Å². The summed E-state index contributed by atoms with van der Waals surface area (Å²) in [5.41, 5.74) is 0. The lowest BCUT2D eigenvalue weighted by Crippen LogP contribution is -2.20. The van der Waals surface area contributed by atoms with Gasteiger partial charge in [-0.1, -0.05) is 6.92 Å². The summed E-state index contributed by atoms with van der Waals surface area (Å²) in [6.07, 6.45) is 4.45. The molecule has 1 aromatic heterocycles. The highest BCUT2D eigenvalue weighted by Crippen LogP contribution is 2.14. The first-order chi connectivity index (χ1) is 7.24. The minimum atomic E-state index is -0.137. The van der Waals surface area contributed by atoms with E-state index in [0.29, 0.717) is 6.04 Å². The molecule has 1 aromatic rings. The van der Waals surface area contributed by atoms with Crippen molar-refractivity contribution in [3.05, 3.63) is 16.6 Å². The van der Waals surface area contributed by atoms with Gasteiger partial charge in [-0.15, -0.1) is 11.3 Å². The zero-order valence-corrected chi connectivity index (χ0v) is 10.3. The monoisotopic (exact) mass is 228 g/mol. The highest BCUT2D eigenvalue weighted by Gasteiger charge is 2.06. The quantitative estimate of drug-likeness (QED) is 0.704. The first-order valence-corrected chi connectivity index (χ1v) is 6.42. The van der Waals surface area contributed by atoms with Crippen LogP contribution in [0.25, 0.3) is 0 Å². The summed E-state index contributed by atoms with van der Waals surface area (Å²) in [4.78, 5) is 4.25. The molecule has 0 radical (unpaired) electrons. The molecule has 0 saturated heterocycles. The average molecular weight is 228 g/mol. The van der Waals surface area contributed by atoms with E-state index >= 15 is 0 Å². The summed E-state index contributed by atoms with van der Waals surface area (Å²) in [5, 5.41) is 15.9. The van der Waals surface area contributed by atoms with E-state index in [2.05, 4.69) is 17.2 Å². The van der Waals surface area contributed by atoms with E-state index in [9.17, 15) is 5.11 Å². The van der Waals surface area contributed by atoms with Crippen molar-refractivity contribution < 1.29 is 5.11 Å². The lowest BCUT2D eigenvalue weighted by Gasteiger charge is -2.12. The Labute approximate surface area is 95.6 Å². The maximum Gasteiger partial charge on any atom is 0.109 e. The predicted molar refractivity (Wildman–Crippen MR) is 64.1 cm³/mol. The number of nitrogens with one attached hydrogen (secondary N) is 1. The van der Waals surface area contributed by atoms with Crippen molar-refractivity contribution in [1.29, 1.82) is 0 Å². The smallest absolute Gasteiger partial charge is 0.109 e. The summed E-state index contributed by atoms with van der Waals surface area (Å²) in [6, 6.07) is 0.323. The second-order valence-electron chi connectivity index (χ2n) is 3.75. The molecule has 3 nitrogen and oxygen atoms in total. The Morgan fingerprint density at radius 3 is 3.00 bits per heavy atom. The molecule has 0 amide bonds. The van der Waals surface area contributed by atoms with Crippen LogP contribution in [0.4, 0.5) is 0 Å². The van der Waals surface area contributed by atoms with Crippen LogP contribution in [0.15, 0.2) is 11.6 Å². The fourth-order valence-electron chi connectivity index (χ4n) is 1.40. The van der Waals surface area contributed by atoms with E-state index in [4.69, 9.17) is 0 Å². The topological polar surface area (TPSA) is 45.1 Å². The van der Waals surface area contributed by atoms with Crippen molar-refractivity contribution in [2.24, 2.45) is 0 Å². The highest BCUT2D eigenvalue weighted by molar-refractivity contribution is 7.09. The zero-order chi connectivity index (χ0) is 11.1. The number of nitrogens with zero attached hydrogens (tertiary/aromatic N) is 1. The van der Waals surface area contributed by atoms with E-state index in [-0.39, 0.29) is 6.10 Å². The second kappa shape index (κ2) is 6.93. The Morgan fingerprint density at radius 2 is 2.40 bits per heavy atom. The van der Waals surface area contributed by atoms with Gasteiger partial charge in [-0.05, 0) is 32.7 Å². The Hall–Kier alpha value is -0.450. The standard InChI is InChI=1S/C11H20N2OS/c1-3-10(14)5-4-6-12-9(2)11-13-7-8-15-11/h7-10,12,14H,3-6H2,1-2H3. The molecule has 0 aliphatic carbocycles. The maximum absolute atomic E-state index is 9.37. The third-order valence-electron chi connectivity index (χ3n) is 2.46. The van der Waals surface area contributed by atoms with Gasteiger partial charge in [-0.3, -0.25) is 0 Å². The molecule has 0 bridgehead atoms. The number of thiazole rings is 1. The van der Waals surface area contributed by atoms with Crippen molar-refractivity contribution in [2.45, 2.75) is 45.3 Å². The lowest BCUT2D eigenvalue weighted by atomic mass is 10.1. The molecular weight excluding hydrogens is 208 g/mol. The molecular formula is C11H20N2OS. The van der Waals surface area contributed by atoms with Crippen molar-refractivity contribution in [2.75, 3.05) is 6.54 Å². The van der Waals surface area contributed by atoms with E-state index in [1.54, 1.807) is 11.3 Å². The molecule has 15 heavy (non-hydrogen) atoms. The molecule has 0 fully saturated rings. The Balaban J connectivity index is 2.10. The van der Waals surface area contributed by atoms with Gasteiger partial charge >= 0.3 is 0 Å². The molecule has 1 heterocycles. The highest BCUT2D eigenvalue weighted by atomic mass is 32.1. The number of aromatic nitrogens is 1. The first kappa shape index (κ1) is 12.6. The summed E-state index contributed by atoms with van der Waals surface area (Å²) >= 11 is 1.68. The van der Waals surface area contributed by atoms with Gasteiger partial charge in [-0.2, -0.15) is 0 Å². The second-order valence-corrected chi connectivity index (χ2v) is 4.68. The normalized spacial score (nSPS) is 15.1. The van der Waals surface area contributed by atoms with Crippen LogP contribution >= 0.6 is 11.3 Å². The Morgan fingerprint density at radius 1 is 1.60 bits per heavy atom. The first-order valence-electron chi connectivity index (χ1n) is 5.55. The van der Waals surface area contributed by atoms with Crippen LogP contribution in [0.1, 0.15) is 44.2 Å². The number of hydrogen-bond donors (Lipinski definition) is 2. The summed E-state index contributed by atoms with van der Waals surface area (Å²) in [7, 11) is 0. The number of rotatable bonds is 7. The van der Waals surface area contributed by atoms with Crippen molar-refractivity contribution in [3.63, 3.8) is 0 Å². The lowest BCUT2D eigenvalue weighted by molar-refractivity contribution is 0.157. The molecule has 2 N–H and O–H groups in total. The van der Waals surface area contributed by atoms with Crippen LogP contribution in [-0.2, 0) is 0 Å². The molecule has 1 rings (SSSR count). The van der Waals surface area contributed by atoms with Gasteiger partial charge in [0.25, 0.3) is 0 Å². The summed E-state index contributed by atoms with van der Waals surface area (Å²) in [5.74, 6) is 0. The molecule has 0 aliphatic heterocycles.